The highest BCUT2D eigenvalue weighted by molar-refractivity contribution is 7.98. The highest BCUT2D eigenvalue weighted by atomic mass is 35.5. The molecule has 0 aliphatic rings. The standard InChI is InChI=1S/C21H19ClN2O3S2/c1-5-24-20(26)18-11(3)12(4)29-19(18)23-21(24)28-9-13-7-17(25)27-16-6-10(2)15(22)8-14(13)16/h6-8H,5,9H2,1-4H3. The van der Waals surface area contributed by atoms with Crippen LogP contribution in [0.4, 0.5) is 0 Å². The molecule has 4 rings (SSSR count). The van der Waals surface area contributed by atoms with Crippen molar-refractivity contribution in [2.45, 2.75) is 45.1 Å². The Morgan fingerprint density at radius 1 is 1.21 bits per heavy atom. The summed E-state index contributed by atoms with van der Waals surface area (Å²) >= 11 is 9.26. The predicted octanol–water partition coefficient (Wildman–Crippen LogP) is 5.46. The van der Waals surface area contributed by atoms with Crippen molar-refractivity contribution in [3.8, 4) is 0 Å². The molecular formula is C21H19ClN2O3S2. The predicted molar refractivity (Wildman–Crippen MR) is 121 cm³/mol. The highest BCUT2D eigenvalue weighted by Gasteiger charge is 2.17. The second kappa shape index (κ2) is 7.63. The molecule has 0 spiro atoms. The second-order valence-corrected chi connectivity index (χ2v) is 9.44. The maximum Gasteiger partial charge on any atom is 0.336 e. The third-order valence-corrected chi connectivity index (χ3v) is 7.57. The zero-order chi connectivity index (χ0) is 20.9. The van der Waals surface area contributed by atoms with E-state index in [4.69, 9.17) is 21.0 Å². The highest BCUT2D eigenvalue weighted by Crippen LogP contribution is 2.31. The lowest BCUT2D eigenvalue weighted by Crippen LogP contribution is -2.22. The summed E-state index contributed by atoms with van der Waals surface area (Å²) in [4.78, 5) is 31.6. The first-order valence-corrected chi connectivity index (χ1v) is 11.3. The number of hydrogen-bond donors (Lipinski definition) is 0. The van der Waals surface area contributed by atoms with Gasteiger partial charge in [0.25, 0.3) is 5.56 Å². The second-order valence-electron chi connectivity index (χ2n) is 6.88. The number of nitrogens with zero attached hydrogens (tertiary/aromatic N) is 2. The van der Waals surface area contributed by atoms with E-state index >= 15 is 0 Å². The molecule has 5 nitrogen and oxygen atoms in total. The van der Waals surface area contributed by atoms with Crippen molar-refractivity contribution in [1.82, 2.24) is 9.55 Å². The molecule has 0 saturated heterocycles. The van der Waals surface area contributed by atoms with Gasteiger partial charge in [-0.2, -0.15) is 0 Å². The van der Waals surface area contributed by atoms with Gasteiger partial charge in [0.2, 0.25) is 0 Å². The minimum absolute atomic E-state index is 0.0158. The summed E-state index contributed by atoms with van der Waals surface area (Å²) in [6, 6.07) is 5.07. The molecular weight excluding hydrogens is 428 g/mol. The van der Waals surface area contributed by atoms with Crippen molar-refractivity contribution in [2.24, 2.45) is 0 Å². The third-order valence-electron chi connectivity index (χ3n) is 5.04. The lowest BCUT2D eigenvalue weighted by atomic mass is 10.1. The van der Waals surface area contributed by atoms with Gasteiger partial charge in [-0.3, -0.25) is 9.36 Å². The zero-order valence-electron chi connectivity index (χ0n) is 16.5. The Balaban J connectivity index is 1.80. The van der Waals surface area contributed by atoms with Crippen molar-refractivity contribution in [2.75, 3.05) is 0 Å². The Morgan fingerprint density at radius 3 is 2.69 bits per heavy atom. The summed E-state index contributed by atoms with van der Waals surface area (Å²) in [6.07, 6.45) is 0. The zero-order valence-corrected chi connectivity index (χ0v) is 18.8. The molecule has 0 atom stereocenters. The van der Waals surface area contributed by atoms with E-state index in [1.165, 1.54) is 29.2 Å². The van der Waals surface area contributed by atoms with Crippen molar-refractivity contribution in [3.05, 3.63) is 65.6 Å². The minimum Gasteiger partial charge on any atom is -0.423 e. The molecule has 0 unspecified atom stereocenters. The summed E-state index contributed by atoms with van der Waals surface area (Å²) in [6.45, 7) is 8.30. The molecule has 0 bridgehead atoms. The van der Waals surface area contributed by atoms with Gasteiger partial charge in [-0.15, -0.1) is 11.3 Å². The van der Waals surface area contributed by atoms with Crippen LogP contribution in [-0.4, -0.2) is 9.55 Å². The smallest absolute Gasteiger partial charge is 0.336 e. The number of aromatic nitrogens is 2. The quantitative estimate of drug-likeness (QED) is 0.237. The van der Waals surface area contributed by atoms with Crippen LogP contribution in [-0.2, 0) is 12.3 Å². The number of thioether (sulfide) groups is 1. The first kappa shape index (κ1) is 20.2. The van der Waals surface area contributed by atoms with E-state index in [1.807, 2.05) is 33.8 Å². The molecule has 0 radical (unpaired) electrons. The van der Waals surface area contributed by atoms with E-state index in [0.29, 0.717) is 33.4 Å². The Kier molecular flexibility index (Phi) is 5.31. The summed E-state index contributed by atoms with van der Waals surface area (Å²) < 4.78 is 7.03. The Hall–Kier alpha value is -2.09. The van der Waals surface area contributed by atoms with Gasteiger partial charge in [-0.25, -0.2) is 9.78 Å². The van der Waals surface area contributed by atoms with Crippen LogP contribution >= 0.6 is 34.7 Å². The maximum atomic E-state index is 13.0. The first-order chi connectivity index (χ1) is 13.8. The van der Waals surface area contributed by atoms with Crippen LogP contribution < -0.4 is 11.2 Å². The topological polar surface area (TPSA) is 65.1 Å². The van der Waals surface area contributed by atoms with Gasteiger partial charge in [0, 0.05) is 33.6 Å². The molecule has 0 amide bonds. The van der Waals surface area contributed by atoms with E-state index < -0.39 is 5.63 Å². The Labute approximate surface area is 180 Å². The summed E-state index contributed by atoms with van der Waals surface area (Å²) in [7, 11) is 0. The SMILES string of the molecule is CCn1c(SCc2cc(=O)oc3cc(C)c(Cl)cc23)nc2sc(C)c(C)c2c1=O. The first-order valence-electron chi connectivity index (χ1n) is 9.16. The molecule has 0 fully saturated rings. The molecule has 0 aliphatic heterocycles. The molecule has 0 aliphatic carbocycles. The fourth-order valence-corrected chi connectivity index (χ4v) is 5.60. The number of aryl methyl sites for hydroxylation is 3. The molecule has 150 valence electrons. The van der Waals surface area contributed by atoms with Crippen molar-refractivity contribution in [3.63, 3.8) is 0 Å². The largest absolute Gasteiger partial charge is 0.423 e. The number of thiophene rings is 1. The van der Waals surface area contributed by atoms with Crippen molar-refractivity contribution < 1.29 is 4.42 Å². The van der Waals surface area contributed by atoms with Crippen molar-refractivity contribution in [1.29, 1.82) is 0 Å². The van der Waals surface area contributed by atoms with Crippen LogP contribution in [0.15, 0.2) is 37.4 Å². The van der Waals surface area contributed by atoms with E-state index in [9.17, 15) is 9.59 Å². The van der Waals surface area contributed by atoms with Crippen LogP contribution in [0.2, 0.25) is 5.02 Å². The lowest BCUT2D eigenvalue weighted by Gasteiger charge is -2.11. The van der Waals surface area contributed by atoms with Crippen LogP contribution in [0, 0.1) is 20.8 Å². The third kappa shape index (κ3) is 3.52. The van der Waals surface area contributed by atoms with Crippen LogP contribution in [0.3, 0.4) is 0 Å². The average Bonchev–Trinajstić information content (AvgIpc) is 2.95. The van der Waals surface area contributed by atoms with E-state index in [2.05, 4.69) is 0 Å². The van der Waals surface area contributed by atoms with Crippen LogP contribution in [0.25, 0.3) is 21.2 Å². The summed E-state index contributed by atoms with van der Waals surface area (Å²) in [5.74, 6) is 0.475. The molecule has 1 aromatic carbocycles. The molecule has 29 heavy (non-hydrogen) atoms. The van der Waals surface area contributed by atoms with E-state index in [0.717, 1.165) is 31.8 Å². The number of halogens is 1. The van der Waals surface area contributed by atoms with Gasteiger partial charge in [-0.05, 0) is 56.5 Å². The Morgan fingerprint density at radius 2 is 1.97 bits per heavy atom. The fourth-order valence-electron chi connectivity index (χ4n) is 3.31. The summed E-state index contributed by atoms with van der Waals surface area (Å²) in [5.41, 5.74) is 2.74. The monoisotopic (exact) mass is 446 g/mol. The number of fused-ring (bicyclic) bond motifs is 2. The summed E-state index contributed by atoms with van der Waals surface area (Å²) in [5, 5.41) is 2.76. The lowest BCUT2D eigenvalue weighted by molar-refractivity contribution is 0.559. The maximum absolute atomic E-state index is 13.0. The van der Waals surface area contributed by atoms with Gasteiger partial charge in [-0.1, -0.05) is 23.4 Å². The van der Waals surface area contributed by atoms with Gasteiger partial charge in [0.1, 0.15) is 10.4 Å². The number of benzene rings is 1. The van der Waals surface area contributed by atoms with Crippen molar-refractivity contribution >= 4 is 55.9 Å². The molecule has 0 N–H and O–H groups in total. The number of rotatable bonds is 4. The van der Waals surface area contributed by atoms with Gasteiger partial charge in [0.15, 0.2) is 5.16 Å². The number of hydrogen-bond acceptors (Lipinski definition) is 6. The van der Waals surface area contributed by atoms with Crippen LogP contribution in [0.5, 0.6) is 0 Å². The van der Waals surface area contributed by atoms with Gasteiger partial charge in [0.05, 0.1) is 5.39 Å². The van der Waals surface area contributed by atoms with Gasteiger partial charge < -0.3 is 4.42 Å². The molecule has 8 heteroatoms. The normalized spacial score (nSPS) is 11.6. The van der Waals surface area contributed by atoms with Gasteiger partial charge >= 0.3 is 5.63 Å². The molecule has 0 saturated carbocycles. The Bertz CT molecular complexity index is 1390. The van der Waals surface area contributed by atoms with E-state index in [1.54, 1.807) is 10.6 Å². The molecule has 4 aromatic rings. The van der Waals surface area contributed by atoms with E-state index in [-0.39, 0.29) is 5.56 Å². The molecule has 3 aromatic heterocycles. The minimum atomic E-state index is -0.407. The molecule has 3 heterocycles. The fraction of sp³-hybridized carbons (Fsp3) is 0.286. The van der Waals surface area contributed by atoms with Crippen LogP contribution in [0.1, 0.15) is 28.5 Å². The average molecular weight is 447 g/mol.